The second kappa shape index (κ2) is 10.9. The molecule has 6 heteroatoms. The van der Waals surface area contributed by atoms with Crippen molar-refractivity contribution in [3.05, 3.63) is 65.4 Å². The van der Waals surface area contributed by atoms with E-state index in [4.69, 9.17) is 14.6 Å². The normalized spacial score (nSPS) is 26.3. The van der Waals surface area contributed by atoms with Crippen LogP contribution in [0.1, 0.15) is 50.7 Å². The van der Waals surface area contributed by atoms with Crippen molar-refractivity contribution in [2.24, 2.45) is 5.10 Å². The highest BCUT2D eigenvalue weighted by atomic mass is 16.5. The zero-order valence-corrected chi connectivity index (χ0v) is 19.2. The second-order valence-corrected chi connectivity index (χ2v) is 8.56. The number of aliphatic hydroxyl groups is 1. The van der Waals surface area contributed by atoms with Crippen LogP contribution in [-0.2, 0) is 16.0 Å². The third-order valence-electron chi connectivity index (χ3n) is 6.36. The molecule has 6 nitrogen and oxygen atoms in total. The Morgan fingerprint density at radius 2 is 1.88 bits per heavy atom. The van der Waals surface area contributed by atoms with Gasteiger partial charge in [0.25, 0.3) is 0 Å². The highest BCUT2D eigenvalue weighted by Crippen LogP contribution is 2.31. The van der Waals surface area contributed by atoms with E-state index in [0.29, 0.717) is 5.90 Å². The summed E-state index contributed by atoms with van der Waals surface area (Å²) in [5.74, 6) is 0.627. The van der Waals surface area contributed by atoms with Crippen molar-refractivity contribution < 1.29 is 14.6 Å². The summed E-state index contributed by atoms with van der Waals surface area (Å²) in [6, 6.07) is 8.58. The molecule has 0 atom stereocenters. The zero-order chi connectivity index (χ0) is 22.3. The van der Waals surface area contributed by atoms with E-state index in [1.165, 1.54) is 11.1 Å². The molecule has 1 aromatic carbocycles. The molecular weight excluding hydrogens is 402 g/mol. The van der Waals surface area contributed by atoms with E-state index < -0.39 is 0 Å². The van der Waals surface area contributed by atoms with Crippen molar-refractivity contribution in [1.29, 1.82) is 0 Å². The summed E-state index contributed by atoms with van der Waals surface area (Å²) in [7, 11) is 0. The van der Waals surface area contributed by atoms with Crippen molar-refractivity contribution >= 4 is 11.6 Å². The third kappa shape index (κ3) is 5.49. The Morgan fingerprint density at radius 3 is 2.59 bits per heavy atom. The first-order valence-corrected chi connectivity index (χ1v) is 11.8. The first kappa shape index (κ1) is 22.8. The number of allylic oxidation sites excluding steroid dienone is 3. The molecule has 0 radical (unpaired) electrons. The number of rotatable bonds is 5. The van der Waals surface area contributed by atoms with Gasteiger partial charge in [0.2, 0.25) is 5.90 Å². The van der Waals surface area contributed by atoms with E-state index in [9.17, 15) is 5.11 Å². The van der Waals surface area contributed by atoms with E-state index >= 15 is 0 Å². The topological polar surface area (TPSA) is 57.5 Å². The molecule has 1 aliphatic carbocycles. The highest BCUT2D eigenvalue weighted by Gasteiger charge is 2.25. The smallest absolute Gasteiger partial charge is 0.231 e. The fraction of sp³-hybridized carbons (Fsp3) is 0.500. The van der Waals surface area contributed by atoms with E-state index in [1.807, 2.05) is 18.0 Å². The van der Waals surface area contributed by atoms with Crippen LogP contribution >= 0.6 is 0 Å². The lowest BCUT2D eigenvalue weighted by Crippen LogP contribution is -2.36. The van der Waals surface area contributed by atoms with Crippen LogP contribution in [0.5, 0.6) is 0 Å². The van der Waals surface area contributed by atoms with Gasteiger partial charge in [-0.1, -0.05) is 36.4 Å². The van der Waals surface area contributed by atoms with Crippen molar-refractivity contribution in [1.82, 2.24) is 9.91 Å². The molecule has 0 unspecified atom stereocenters. The number of nitrogens with zero attached hydrogens (tertiary/aromatic N) is 3. The fourth-order valence-corrected chi connectivity index (χ4v) is 4.53. The Labute approximate surface area is 191 Å². The summed E-state index contributed by atoms with van der Waals surface area (Å²) in [6.07, 6.45) is 11.4. The van der Waals surface area contributed by atoms with Crippen LogP contribution in [0.25, 0.3) is 5.70 Å². The number of hydrogen-bond donors (Lipinski definition) is 1. The van der Waals surface area contributed by atoms with E-state index in [0.717, 1.165) is 69.9 Å². The van der Waals surface area contributed by atoms with Gasteiger partial charge in [-0.25, -0.2) is 5.01 Å². The molecular formula is C26H35N3O3. The minimum atomic E-state index is -0.192. The summed E-state index contributed by atoms with van der Waals surface area (Å²) in [4.78, 5) is 2.44. The Kier molecular flexibility index (Phi) is 7.79. The van der Waals surface area contributed by atoms with Crippen molar-refractivity contribution in [3.63, 3.8) is 0 Å². The molecule has 32 heavy (non-hydrogen) atoms. The van der Waals surface area contributed by atoms with Gasteiger partial charge in [0.15, 0.2) is 0 Å². The SMILES string of the molecule is CC=C1C=CC(OC2CCC(O)CC2)=NN1/C(=C\C)c1ccccc1CN1CCOCC1. The molecule has 2 fully saturated rings. The van der Waals surface area contributed by atoms with Gasteiger partial charge in [-0.3, -0.25) is 4.90 Å². The maximum absolute atomic E-state index is 9.78. The van der Waals surface area contributed by atoms with Gasteiger partial charge in [-0.15, -0.1) is 5.10 Å². The van der Waals surface area contributed by atoms with Gasteiger partial charge in [0.1, 0.15) is 6.10 Å². The van der Waals surface area contributed by atoms with Gasteiger partial charge < -0.3 is 14.6 Å². The molecule has 0 bridgehead atoms. The predicted molar refractivity (Wildman–Crippen MR) is 128 cm³/mol. The lowest BCUT2D eigenvalue weighted by atomic mass is 9.95. The first-order chi connectivity index (χ1) is 15.7. The molecule has 2 heterocycles. The van der Waals surface area contributed by atoms with Gasteiger partial charge in [0, 0.05) is 31.3 Å². The number of ether oxygens (including phenoxy) is 2. The third-order valence-corrected chi connectivity index (χ3v) is 6.36. The molecule has 4 rings (SSSR count). The summed E-state index contributed by atoms with van der Waals surface area (Å²) < 4.78 is 11.7. The Bertz CT molecular complexity index is 891. The van der Waals surface area contributed by atoms with Crippen molar-refractivity contribution in [2.45, 2.75) is 58.3 Å². The number of hydrogen-bond acceptors (Lipinski definition) is 6. The maximum atomic E-state index is 9.78. The molecule has 1 aromatic rings. The number of hydrazone groups is 1. The van der Waals surface area contributed by atoms with E-state index in [-0.39, 0.29) is 12.2 Å². The summed E-state index contributed by atoms with van der Waals surface area (Å²) in [5.41, 5.74) is 4.53. The van der Waals surface area contributed by atoms with Gasteiger partial charge in [-0.2, -0.15) is 0 Å². The van der Waals surface area contributed by atoms with Crippen molar-refractivity contribution in [2.75, 3.05) is 26.3 Å². The van der Waals surface area contributed by atoms with Crippen molar-refractivity contribution in [3.8, 4) is 0 Å². The van der Waals surface area contributed by atoms with Crippen LogP contribution in [0.2, 0.25) is 0 Å². The van der Waals surface area contributed by atoms with Crippen LogP contribution in [0.3, 0.4) is 0 Å². The van der Waals surface area contributed by atoms with Crippen LogP contribution < -0.4 is 0 Å². The van der Waals surface area contributed by atoms with Gasteiger partial charge >= 0.3 is 0 Å². The van der Waals surface area contributed by atoms with E-state index in [2.05, 4.69) is 54.3 Å². The van der Waals surface area contributed by atoms with Crippen LogP contribution in [-0.4, -0.2) is 59.4 Å². The first-order valence-electron chi connectivity index (χ1n) is 11.8. The quantitative estimate of drug-likeness (QED) is 0.745. The summed E-state index contributed by atoms with van der Waals surface area (Å²) >= 11 is 0. The largest absolute Gasteiger partial charge is 0.473 e. The maximum Gasteiger partial charge on any atom is 0.231 e. The monoisotopic (exact) mass is 437 g/mol. The molecule has 2 aliphatic heterocycles. The molecule has 1 N–H and O–H groups in total. The standard InChI is InChI=1S/C26H35N3O3/c1-3-21-9-14-26(32-23-12-10-22(30)11-13-23)27-29(21)25(4-2)24-8-6-5-7-20(24)19-28-15-17-31-18-16-28/h3-9,14,22-23,30H,10-13,15-19H2,1-2H3/b21-3?,25-4-. The van der Waals surface area contributed by atoms with Crippen LogP contribution in [0, 0.1) is 0 Å². The zero-order valence-electron chi connectivity index (χ0n) is 19.2. The second-order valence-electron chi connectivity index (χ2n) is 8.56. The number of aliphatic hydroxyl groups excluding tert-OH is 1. The minimum absolute atomic E-state index is 0.110. The Balaban J connectivity index is 1.57. The molecule has 0 amide bonds. The Morgan fingerprint density at radius 1 is 1.12 bits per heavy atom. The average Bonchev–Trinajstić information content (AvgIpc) is 2.83. The van der Waals surface area contributed by atoms with Gasteiger partial charge in [0.05, 0.1) is 30.7 Å². The molecule has 3 aliphatic rings. The molecule has 1 saturated carbocycles. The number of benzene rings is 1. The Hall–Kier alpha value is -2.41. The van der Waals surface area contributed by atoms with E-state index in [1.54, 1.807) is 0 Å². The predicted octanol–water partition coefficient (Wildman–Crippen LogP) is 4.29. The van der Waals surface area contributed by atoms with Gasteiger partial charge in [-0.05, 0) is 51.2 Å². The molecule has 1 saturated heterocycles. The summed E-state index contributed by atoms with van der Waals surface area (Å²) in [6.45, 7) is 8.48. The average molecular weight is 438 g/mol. The highest BCUT2D eigenvalue weighted by molar-refractivity contribution is 5.90. The fourth-order valence-electron chi connectivity index (χ4n) is 4.53. The lowest BCUT2D eigenvalue weighted by molar-refractivity contribution is 0.0341. The minimum Gasteiger partial charge on any atom is -0.473 e. The van der Waals surface area contributed by atoms with Crippen LogP contribution in [0.4, 0.5) is 0 Å². The lowest BCUT2D eigenvalue weighted by Gasteiger charge is -2.31. The number of morpholine rings is 1. The molecule has 0 spiro atoms. The molecule has 172 valence electrons. The van der Waals surface area contributed by atoms with Crippen LogP contribution in [0.15, 0.2) is 59.4 Å². The summed E-state index contributed by atoms with van der Waals surface area (Å²) in [5, 5.41) is 16.7. The molecule has 0 aromatic heterocycles.